The van der Waals surface area contributed by atoms with Crippen molar-refractivity contribution < 1.29 is 14.6 Å². The van der Waals surface area contributed by atoms with E-state index < -0.39 is 5.97 Å². The Morgan fingerprint density at radius 1 is 1.10 bits per heavy atom. The molecule has 0 saturated heterocycles. The number of aryl methyl sites for hydroxylation is 2. The van der Waals surface area contributed by atoms with Gasteiger partial charge in [-0.2, -0.15) is 0 Å². The number of hydrogen-bond acceptors (Lipinski definition) is 2. The Bertz CT molecular complexity index is 595. The lowest BCUT2D eigenvalue weighted by molar-refractivity contribution is -0.133. The second-order valence-corrected chi connectivity index (χ2v) is 5.08. The van der Waals surface area contributed by atoms with Crippen molar-refractivity contribution >= 4 is 5.97 Å². The molecule has 0 fully saturated rings. The van der Waals surface area contributed by atoms with Gasteiger partial charge in [0, 0.05) is 0 Å². The summed E-state index contributed by atoms with van der Waals surface area (Å²) in [5.74, 6) is -0.0207. The van der Waals surface area contributed by atoms with E-state index in [1.54, 1.807) is 0 Å². The highest BCUT2D eigenvalue weighted by Gasteiger charge is 2.08. The summed E-state index contributed by atoms with van der Waals surface area (Å²) < 4.78 is 5.91. The van der Waals surface area contributed by atoms with E-state index in [1.165, 1.54) is 6.42 Å². The average molecular weight is 283 g/mol. The summed E-state index contributed by atoms with van der Waals surface area (Å²) in [6.07, 6.45) is 1.69. The van der Waals surface area contributed by atoms with Gasteiger partial charge in [0.2, 0.25) is 0 Å². The van der Waals surface area contributed by atoms with Crippen LogP contribution in [0.5, 0.6) is 5.75 Å². The normalized spacial score (nSPS) is 10.4. The second kappa shape index (κ2) is 6.93. The Morgan fingerprint density at radius 2 is 1.71 bits per heavy atom. The fourth-order valence-electron chi connectivity index (χ4n) is 2.32. The van der Waals surface area contributed by atoms with Crippen LogP contribution in [0, 0.1) is 20.3 Å². The van der Waals surface area contributed by atoms with Gasteiger partial charge >= 0.3 is 5.97 Å². The topological polar surface area (TPSA) is 46.5 Å². The van der Waals surface area contributed by atoms with Crippen LogP contribution in [0.3, 0.4) is 0 Å². The van der Waals surface area contributed by atoms with E-state index in [-0.39, 0.29) is 0 Å². The first-order chi connectivity index (χ1) is 10.1. The van der Waals surface area contributed by atoms with Crippen LogP contribution in [0.2, 0.25) is 0 Å². The zero-order valence-corrected chi connectivity index (χ0v) is 12.3. The highest BCUT2D eigenvalue weighted by Crippen LogP contribution is 2.26. The van der Waals surface area contributed by atoms with Crippen molar-refractivity contribution in [2.24, 2.45) is 0 Å². The van der Waals surface area contributed by atoms with Crippen LogP contribution in [0.4, 0.5) is 0 Å². The highest BCUT2D eigenvalue weighted by molar-refractivity contribution is 5.77. The van der Waals surface area contributed by atoms with Gasteiger partial charge in [-0.25, -0.2) is 0 Å². The number of carboxylic acid groups (broad SMARTS) is 1. The Labute approximate surface area is 125 Å². The molecule has 109 valence electrons. The summed E-state index contributed by atoms with van der Waals surface area (Å²) >= 11 is 0. The van der Waals surface area contributed by atoms with Crippen LogP contribution in [0.1, 0.15) is 22.3 Å². The fraction of sp³-hybridized carbons (Fsp3) is 0.222. The van der Waals surface area contributed by atoms with Gasteiger partial charge in [0.1, 0.15) is 12.4 Å². The number of aliphatic carboxylic acids is 1. The van der Waals surface area contributed by atoms with Crippen LogP contribution in [0.25, 0.3) is 0 Å². The van der Waals surface area contributed by atoms with Gasteiger partial charge in [-0.1, -0.05) is 42.5 Å². The maximum Gasteiger partial charge on any atom is 0.307 e. The van der Waals surface area contributed by atoms with E-state index in [0.29, 0.717) is 13.0 Å². The maximum atomic E-state index is 10.6. The molecule has 0 unspecified atom stereocenters. The molecule has 0 aliphatic heterocycles. The van der Waals surface area contributed by atoms with Gasteiger partial charge in [0.15, 0.2) is 0 Å². The van der Waals surface area contributed by atoms with Crippen molar-refractivity contribution in [3.05, 3.63) is 71.1 Å². The molecule has 0 atom stereocenters. The smallest absolute Gasteiger partial charge is 0.307 e. The summed E-state index contributed by atoms with van der Waals surface area (Å²) in [6.45, 7) is 4.50. The number of hydrogen-bond donors (Lipinski definition) is 1. The number of ether oxygens (including phenoxy) is 1. The zero-order valence-electron chi connectivity index (χ0n) is 12.3. The first kappa shape index (κ1) is 15.1. The van der Waals surface area contributed by atoms with Crippen LogP contribution < -0.4 is 4.74 Å². The lowest BCUT2D eigenvalue weighted by Gasteiger charge is -2.14. The zero-order chi connectivity index (χ0) is 15.2. The maximum absolute atomic E-state index is 10.6. The summed E-state index contributed by atoms with van der Waals surface area (Å²) in [5.41, 5.74) is 4.17. The van der Waals surface area contributed by atoms with Gasteiger partial charge in [-0.3, -0.25) is 4.79 Å². The lowest BCUT2D eigenvalue weighted by Crippen LogP contribution is -2.02. The molecule has 0 aliphatic rings. The molecule has 0 bridgehead atoms. The standard InChI is InChI=1S/C18H19O3/c1-13-10-16(8-9-17(19)20)11-14(2)18(13)21-12-15-6-4-3-5-7-15/h3-7,9-11H,8,12H2,1-2H3,(H,19,20). The summed E-state index contributed by atoms with van der Waals surface area (Å²) in [5, 5.41) is 8.70. The Kier molecular flexibility index (Phi) is 4.99. The molecule has 2 aromatic carbocycles. The average Bonchev–Trinajstić information content (AvgIpc) is 2.45. The number of benzene rings is 2. The molecule has 3 heteroatoms. The van der Waals surface area contributed by atoms with Crippen molar-refractivity contribution in [1.82, 2.24) is 0 Å². The molecule has 2 aromatic rings. The first-order valence-electron chi connectivity index (χ1n) is 6.89. The molecule has 0 heterocycles. The predicted molar refractivity (Wildman–Crippen MR) is 82.3 cm³/mol. The van der Waals surface area contributed by atoms with Crippen molar-refractivity contribution in [2.45, 2.75) is 26.9 Å². The first-order valence-corrected chi connectivity index (χ1v) is 6.89. The number of carboxylic acids is 1. The van der Waals surface area contributed by atoms with E-state index in [9.17, 15) is 4.79 Å². The van der Waals surface area contributed by atoms with Crippen LogP contribution in [-0.4, -0.2) is 11.1 Å². The van der Waals surface area contributed by atoms with E-state index in [1.807, 2.05) is 56.3 Å². The van der Waals surface area contributed by atoms with Crippen LogP contribution in [0.15, 0.2) is 42.5 Å². The lowest BCUT2D eigenvalue weighted by atomic mass is 10.0. The Hall–Kier alpha value is -2.29. The molecule has 1 radical (unpaired) electrons. The molecule has 0 spiro atoms. The van der Waals surface area contributed by atoms with Crippen LogP contribution >= 0.6 is 0 Å². The third kappa shape index (κ3) is 4.35. The Balaban J connectivity index is 2.08. The van der Waals surface area contributed by atoms with E-state index in [4.69, 9.17) is 9.84 Å². The molecule has 2 rings (SSSR count). The minimum Gasteiger partial charge on any atom is -0.488 e. The molecule has 0 amide bonds. The summed E-state index contributed by atoms with van der Waals surface area (Å²) in [6, 6.07) is 14.0. The quantitative estimate of drug-likeness (QED) is 0.879. The van der Waals surface area contributed by atoms with E-state index >= 15 is 0 Å². The monoisotopic (exact) mass is 283 g/mol. The van der Waals surface area contributed by atoms with Gasteiger partial charge in [-0.05, 0) is 42.5 Å². The summed E-state index contributed by atoms with van der Waals surface area (Å²) in [7, 11) is 0. The highest BCUT2D eigenvalue weighted by atomic mass is 16.5. The molecule has 0 aliphatic carbocycles. The fourth-order valence-corrected chi connectivity index (χ4v) is 2.32. The van der Waals surface area contributed by atoms with Crippen molar-refractivity contribution in [1.29, 1.82) is 0 Å². The second-order valence-electron chi connectivity index (χ2n) is 5.08. The third-order valence-corrected chi connectivity index (χ3v) is 3.26. The van der Waals surface area contributed by atoms with Gasteiger partial charge in [0.25, 0.3) is 0 Å². The molecule has 0 aromatic heterocycles. The predicted octanol–water partition coefficient (Wildman–Crippen LogP) is 3.71. The van der Waals surface area contributed by atoms with Gasteiger partial charge < -0.3 is 9.84 Å². The SMILES string of the molecule is Cc1cc(C[CH]C(=O)O)cc(C)c1OCc1ccccc1. The molecule has 21 heavy (non-hydrogen) atoms. The largest absolute Gasteiger partial charge is 0.488 e. The van der Waals surface area contributed by atoms with Crippen molar-refractivity contribution in [2.75, 3.05) is 0 Å². The molecular formula is C18H19O3. The van der Waals surface area contributed by atoms with Crippen LogP contribution in [-0.2, 0) is 17.8 Å². The molecule has 0 saturated carbocycles. The molecular weight excluding hydrogens is 264 g/mol. The molecule has 3 nitrogen and oxygen atoms in total. The Morgan fingerprint density at radius 3 is 2.29 bits per heavy atom. The third-order valence-electron chi connectivity index (χ3n) is 3.26. The van der Waals surface area contributed by atoms with Gasteiger partial charge in [-0.15, -0.1) is 0 Å². The molecule has 1 N–H and O–H groups in total. The van der Waals surface area contributed by atoms with Crippen molar-refractivity contribution in [3.63, 3.8) is 0 Å². The minimum absolute atomic E-state index is 0.427. The van der Waals surface area contributed by atoms with E-state index in [0.717, 1.165) is 28.0 Å². The van der Waals surface area contributed by atoms with Gasteiger partial charge in [0.05, 0.1) is 6.42 Å². The number of rotatable bonds is 6. The summed E-state index contributed by atoms with van der Waals surface area (Å²) in [4.78, 5) is 10.6. The minimum atomic E-state index is -0.894. The number of carbonyl (C=O) groups is 1. The van der Waals surface area contributed by atoms with E-state index in [2.05, 4.69) is 0 Å². The van der Waals surface area contributed by atoms with Crippen molar-refractivity contribution in [3.8, 4) is 5.75 Å².